The zero-order valence-electron chi connectivity index (χ0n) is 17.6. The number of piperazine rings is 1. The summed E-state index contributed by atoms with van der Waals surface area (Å²) in [5, 5.41) is 0. The number of hydrogen-bond acceptors (Lipinski definition) is 4. The fourth-order valence-electron chi connectivity index (χ4n) is 4.84. The number of imidazole rings is 1. The number of hydrogen-bond donors (Lipinski definition) is 0. The summed E-state index contributed by atoms with van der Waals surface area (Å²) in [6.07, 6.45) is 4.39. The molecule has 0 bridgehead atoms. The molecule has 0 saturated carbocycles. The molecule has 0 radical (unpaired) electrons. The van der Waals surface area contributed by atoms with Crippen molar-refractivity contribution in [3.05, 3.63) is 60.4 Å². The normalized spacial score (nSPS) is 21.2. The highest BCUT2D eigenvalue weighted by Crippen LogP contribution is 2.20. The summed E-state index contributed by atoms with van der Waals surface area (Å²) >= 11 is 0. The molecule has 0 spiro atoms. The Hall–Kier alpha value is -2.70. The molecule has 2 saturated heterocycles. The van der Waals surface area contributed by atoms with Gasteiger partial charge in [0, 0.05) is 50.0 Å². The number of likely N-dealkylation sites (N-methyl/N-ethyl adjacent to an activating group) is 1. The van der Waals surface area contributed by atoms with E-state index in [0.29, 0.717) is 6.04 Å². The van der Waals surface area contributed by atoms with Crippen molar-refractivity contribution in [2.45, 2.75) is 18.9 Å². The van der Waals surface area contributed by atoms with Gasteiger partial charge in [0.25, 0.3) is 5.91 Å². The van der Waals surface area contributed by atoms with Crippen LogP contribution in [0.2, 0.25) is 0 Å². The highest BCUT2D eigenvalue weighted by molar-refractivity contribution is 5.94. The molecule has 5 rings (SSSR count). The third kappa shape index (κ3) is 3.73. The number of piperidine rings is 1. The average Bonchev–Trinajstić information content (AvgIpc) is 3.23. The average molecular weight is 404 g/mol. The molecule has 1 unspecified atom stereocenters. The van der Waals surface area contributed by atoms with Crippen LogP contribution in [0.25, 0.3) is 16.7 Å². The Labute approximate surface area is 177 Å². The van der Waals surface area contributed by atoms with Gasteiger partial charge >= 0.3 is 0 Å². The summed E-state index contributed by atoms with van der Waals surface area (Å²) in [4.78, 5) is 24.5. The molecule has 2 aliphatic rings. The van der Waals surface area contributed by atoms with E-state index in [4.69, 9.17) is 0 Å². The van der Waals surface area contributed by atoms with E-state index in [-0.39, 0.29) is 5.91 Å². The van der Waals surface area contributed by atoms with E-state index in [1.165, 1.54) is 19.4 Å². The Kier molecular flexibility index (Phi) is 5.27. The topological polar surface area (TPSA) is 44.6 Å². The Balaban J connectivity index is 1.24. The summed E-state index contributed by atoms with van der Waals surface area (Å²) < 4.78 is 2.06. The van der Waals surface area contributed by atoms with Crippen molar-refractivity contribution in [2.75, 3.05) is 46.3 Å². The van der Waals surface area contributed by atoms with Gasteiger partial charge in [-0.25, -0.2) is 4.98 Å². The smallest absolute Gasteiger partial charge is 0.253 e. The second-order valence-corrected chi connectivity index (χ2v) is 8.54. The minimum atomic E-state index is 0.137. The largest absolute Gasteiger partial charge is 0.336 e. The van der Waals surface area contributed by atoms with E-state index in [9.17, 15) is 4.79 Å². The number of aromatic nitrogens is 2. The molecule has 6 nitrogen and oxygen atoms in total. The Morgan fingerprint density at radius 1 is 0.967 bits per heavy atom. The van der Waals surface area contributed by atoms with Crippen LogP contribution in [-0.2, 0) is 0 Å². The maximum atomic E-state index is 13.0. The Morgan fingerprint density at radius 3 is 2.50 bits per heavy atom. The molecule has 0 N–H and O–H groups in total. The first-order valence-electron chi connectivity index (χ1n) is 10.9. The number of likely N-dealkylation sites (tertiary alicyclic amines) is 1. The van der Waals surface area contributed by atoms with Gasteiger partial charge in [-0.15, -0.1) is 0 Å². The first-order valence-corrected chi connectivity index (χ1v) is 10.9. The standard InChI is InChI=1S/C24H29N5O/c1-26-12-4-5-21(17-26)27-13-15-28(16-14-27)24(30)19-8-10-20(11-9-19)29-18-25-22-6-2-3-7-23(22)29/h2-3,6-11,18,21H,4-5,12-17H2,1H3. The van der Waals surface area contributed by atoms with Crippen LogP contribution in [-0.4, -0.2) is 82.5 Å². The van der Waals surface area contributed by atoms with Crippen LogP contribution in [0.5, 0.6) is 0 Å². The van der Waals surface area contributed by atoms with Crippen molar-refractivity contribution in [3.63, 3.8) is 0 Å². The number of amides is 1. The lowest BCUT2D eigenvalue weighted by Gasteiger charge is -2.42. The van der Waals surface area contributed by atoms with E-state index in [2.05, 4.69) is 32.5 Å². The first-order chi connectivity index (χ1) is 14.7. The van der Waals surface area contributed by atoms with Crippen molar-refractivity contribution in [1.82, 2.24) is 24.3 Å². The molecule has 1 atom stereocenters. The fourth-order valence-corrected chi connectivity index (χ4v) is 4.84. The predicted octanol–water partition coefficient (Wildman–Crippen LogP) is 2.88. The summed E-state index contributed by atoms with van der Waals surface area (Å²) in [7, 11) is 2.21. The van der Waals surface area contributed by atoms with E-state index >= 15 is 0 Å². The molecule has 6 heteroatoms. The second kappa shape index (κ2) is 8.20. The lowest BCUT2D eigenvalue weighted by Crippen LogP contribution is -2.55. The lowest BCUT2D eigenvalue weighted by molar-refractivity contribution is 0.0452. The van der Waals surface area contributed by atoms with Crippen LogP contribution >= 0.6 is 0 Å². The summed E-state index contributed by atoms with van der Waals surface area (Å²) in [5.74, 6) is 0.137. The molecule has 2 fully saturated rings. The third-order valence-corrected chi connectivity index (χ3v) is 6.56. The summed E-state index contributed by atoms with van der Waals surface area (Å²) in [5.41, 5.74) is 3.82. The molecular formula is C24H29N5O. The van der Waals surface area contributed by atoms with E-state index in [1.54, 1.807) is 0 Å². The highest BCUT2D eigenvalue weighted by atomic mass is 16.2. The first kappa shape index (κ1) is 19.3. The molecule has 2 aromatic carbocycles. The molecule has 3 heterocycles. The number of benzene rings is 2. The van der Waals surface area contributed by atoms with Crippen molar-refractivity contribution in [2.24, 2.45) is 0 Å². The number of fused-ring (bicyclic) bond motifs is 1. The SMILES string of the molecule is CN1CCCC(N2CCN(C(=O)c3ccc(-n4cnc5ccccc54)cc3)CC2)C1. The summed E-state index contributed by atoms with van der Waals surface area (Å²) in [6.45, 7) is 5.94. The second-order valence-electron chi connectivity index (χ2n) is 8.54. The molecule has 156 valence electrons. The van der Waals surface area contributed by atoms with Crippen LogP contribution in [0, 0.1) is 0 Å². The zero-order valence-corrected chi connectivity index (χ0v) is 17.6. The minimum Gasteiger partial charge on any atom is -0.336 e. The molecule has 1 amide bonds. The molecule has 1 aromatic heterocycles. The van der Waals surface area contributed by atoms with Gasteiger partial charge in [0.1, 0.15) is 6.33 Å². The molecular weight excluding hydrogens is 374 g/mol. The van der Waals surface area contributed by atoms with Gasteiger partial charge in [-0.2, -0.15) is 0 Å². The minimum absolute atomic E-state index is 0.137. The number of carbonyl (C=O) groups is 1. The van der Waals surface area contributed by atoms with Crippen LogP contribution in [0.1, 0.15) is 23.2 Å². The van der Waals surface area contributed by atoms with E-state index in [0.717, 1.165) is 55.0 Å². The Bertz CT molecular complexity index is 1020. The lowest BCUT2D eigenvalue weighted by atomic mass is 10.0. The van der Waals surface area contributed by atoms with Crippen LogP contribution in [0.4, 0.5) is 0 Å². The number of nitrogens with zero attached hydrogens (tertiary/aromatic N) is 5. The van der Waals surface area contributed by atoms with Crippen LogP contribution in [0.15, 0.2) is 54.9 Å². The number of para-hydroxylation sites is 2. The van der Waals surface area contributed by atoms with Crippen molar-refractivity contribution in [3.8, 4) is 5.69 Å². The van der Waals surface area contributed by atoms with Crippen molar-refractivity contribution < 1.29 is 4.79 Å². The van der Waals surface area contributed by atoms with Gasteiger partial charge in [0.15, 0.2) is 0 Å². The van der Waals surface area contributed by atoms with E-state index in [1.807, 2.05) is 53.7 Å². The van der Waals surface area contributed by atoms with Gasteiger partial charge in [0.2, 0.25) is 0 Å². The van der Waals surface area contributed by atoms with Gasteiger partial charge < -0.3 is 9.80 Å². The molecule has 30 heavy (non-hydrogen) atoms. The zero-order chi connectivity index (χ0) is 20.5. The third-order valence-electron chi connectivity index (χ3n) is 6.56. The van der Waals surface area contributed by atoms with Gasteiger partial charge in [0.05, 0.1) is 11.0 Å². The fraction of sp³-hybridized carbons (Fsp3) is 0.417. The van der Waals surface area contributed by atoms with Gasteiger partial charge in [-0.1, -0.05) is 12.1 Å². The van der Waals surface area contributed by atoms with Gasteiger partial charge in [-0.05, 0) is 62.8 Å². The Morgan fingerprint density at radius 2 is 1.73 bits per heavy atom. The van der Waals surface area contributed by atoms with Gasteiger partial charge in [-0.3, -0.25) is 14.3 Å². The van der Waals surface area contributed by atoms with E-state index < -0.39 is 0 Å². The summed E-state index contributed by atoms with van der Waals surface area (Å²) in [6, 6.07) is 16.6. The maximum absolute atomic E-state index is 13.0. The van der Waals surface area contributed by atoms with Crippen molar-refractivity contribution in [1.29, 1.82) is 0 Å². The number of carbonyl (C=O) groups excluding carboxylic acids is 1. The maximum Gasteiger partial charge on any atom is 0.253 e. The predicted molar refractivity (Wildman–Crippen MR) is 119 cm³/mol. The molecule has 2 aliphatic heterocycles. The number of rotatable bonds is 3. The molecule has 3 aromatic rings. The van der Waals surface area contributed by atoms with Crippen molar-refractivity contribution >= 4 is 16.9 Å². The monoisotopic (exact) mass is 403 g/mol. The van der Waals surface area contributed by atoms with Crippen LogP contribution in [0.3, 0.4) is 0 Å². The van der Waals surface area contributed by atoms with Crippen LogP contribution < -0.4 is 0 Å². The highest BCUT2D eigenvalue weighted by Gasteiger charge is 2.28. The quantitative estimate of drug-likeness (QED) is 0.675. The molecule has 0 aliphatic carbocycles.